The highest BCUT2D eigenvalue weighted by molar-refractivity contribution is 6.28. The maximum atomic E-state index is 13.1. The largest absolute Gasteiger partial charge is 0.507 e. The van der Waals surface area contributed by atoms with E-state index in [2.05, 4.69) is 0 Å². The molecule has 0 amide bonds. The van der Waals surface area contributed by atoms with E-state index in [0.717, 1.165) is 22.6 Å². The molecule has 5 heteroatoms. The van der Waals surface area contributed by atoms with E-state index in [1.54, 1.807) is 57.7 Å². The molecular weight excluding hydrogens is 416 g/mol. The lowest BCUT2D eigenvalue weighted by atomic mass is 9.98. The van der Waals surface area contributed by atoms with Crippen LogP contribution in [-0.4, -0.2) is 32.2 Å². The predicted octanol–water partition coefficient (Wildman–Crippen LogP) is 5.98. The van der Waals surface area contributed by atoms with E-state index in [1.165, 1.54) is 12.2 Å². The van der Waals surface area contributed by atoms with E-state index < -0.39 is 0 Å². The van der Waals surface area contributed by atoms with Gasteiger partial charge in [-0.2, -0.15) is 0 Å². The maximum Gasteiger partial charge on any atom is 0.190 e. The van der Waals surface area contributed by atoms with Crippen molar-refractivity contribution in [3.05, 3.63) is 107 Å². The predicted molar refractivity (Wildman–Crippen MR) is 132 cm³/mol. The van der Waals surface area contributed by atoms with Crippen LogP contribution in [0.25, 0.3) is 17.7 Å². The molecule has 0 saturated carbocycles. The van der Waals surface area contributed by atoms with E-state index in [9.17, 15) is 9.90 Å². The van der Waals surface area contributed by atoms with Gasteiger partial charge >= 0.3 is 0 Å². The maximum absolute atomic E-state index is 13.1. The van der Waals surface area contributed by atoms with E-state index in [-0.39, 0.29) is 17.1 Å². The average Bonchev–Trinajstić information content (AvgIpc) is 2.87. The first-order valence-electron chi connectivity index (χ1n) is 10.3. The van der Waals surface area contributed by atoms with Gasteiger partial charge in [0, 0.05) is 0 Å². The summed E-state index contributed by atoms with van der Waals surface area (Å²) in [4.78, 5) is 13.1. The van der Waals surface area contributed by atoms with Gasteiger partial charge < -0.3 is 19.3 Å². The summed E-state index contributed by atoms with van der Waals surface area (Å²) >= 11 is 0. The summed E-state index contributed by atoms with van der Waals surface area (Å²) in [5.41, 5.74) is 2.47. The Kier molecular flexibility index (Phi) is 8.08. The van der Waals surface area contributed by atoms with Crippen molar-refractivity contribution in [2.75, 3.05) is 21.3 Å². The molecule has 0 heterocycles. The molecular formula is C28H26O5. The number of aliphatic hydroxyl groups excluding tert-OH is 1. The first-order chi connectivity index (χ1) is 16.0. The molecule has 0 aliphatic heterocycles. The SMILES string of the molecule is COc1ccc(/C=C/C(=O)/C(=C(O)/C=C/c2ccc(OC)cc2)c2ccc(OC)cc2)cc1. The molecule has 0 spiro atoms. The summed E-state index contributed by atoms with van der Waals surface area (Å²) in [6.07, 6.45) is 6.39. The van der Waals surface area contributed by atoms with Crippen LogP contribution in [0.3, 0.4) is 0 Å². The van der Waals surface area contributed by atoms with Gasteiger partial charge in [-0.1, -0.05) is 48.6 Å². The molecule has 168 valence electrons. The minimum Gasteiger partial charge on any atom is -0.507 e. The lowest BCUT2D eigenvalue weighted by Crippen LogP contribution is -2.02. The van der Waals surface area contributed by atoms with Crippen LogP contribution in [0, 0.1) is 0 Å². The Morgan fingerprint density at radius 1 is 0.636 bits per heavy atom. The van der Waals surface area contributed by atoms with Crippen molar-refractivity contribution in [2.24, 2.45) is 0 Å². The number of carbonyl (C=O) groups excluding carboxylic acids is 1. The Morgan fingerprint density at radius 2 is 1.03 bits per heavy atom. The van der Waals surface area contributed by atoms with Gasteiger partial charge in [-0.25, -0.2) is 0 Å². The fourth-order valence-corrected chi connectivity index (χ4v) is 3.12. The minimum atomic E-state index is -0.326. The van der Waals surface area contributed by atoms with Gasteiger partial charge in [0.2, 0.25) is 0 Å². The second-order valence-corrected chi connectivity index (χ2v) is 7.07. The van der Waals surface area contributed by atoms with E-state index in [0.29, 0.717) is 11.3 Å². The molecule has 0 fully saturated rings. The van der Waals surface area contributed by atoms with Gasteiger partial charge in [-0.3, -0.25) is 4.79 Å². The summed E-state index contributed by atoms with van der Waals surface area (Å²) in [6.45, 7) is 0. The summed E-state index contributed by atoms with van der Waals surface area (Å²) in [5.74, 6) is 1.67. The van der Waals surface area contributed by atoms with E-state index >= 15 is 0 Å². The lowest BCUT2D eigenvalue weighted by Gasteiger charge is -2.08. The van der Waals surface area contributed by atoms with Crippen LogP contribution in [0.15, 0.2) is 90.7 Å². The molecule has 0 saturated heterocycles. The number of benzene rings is 3. The summed E-state index contributed by atoms with van der Waals surface area (Å²) in [7, 11) is 4.78. The van der Waals surface area contributed by atoms with Crippen molar-refractivity contribution in [3.8, 4) is 17.2 Å². The number of hydrogen-bond donors (Lipinski definition) is 1. The van der Waals surface area contributed by atoms with Gasteiger partial charge in [0.15, 0.2) is 5.78 Å². The third-order valence-corrected chi connectivity index (χ3v) is 4.97. The number of allylic oxidation sites excluding steroid dienone is 3. The highest BCUT2D eigenvalue weighted by atomic mass is 16.5. The first-order valence-corrected chi connectivity index (χ1v) is 10.3. The summed E-state index contributed by atoms with van der Waals surface area (Å²) in [6, 6.07) is 21.7. The van der Waals surface area contributed by atoms with Crippen LogP contribution in [0.4, 0.5) is 0 Å². The van der Waals surface area contributed by atoms with Crippen molar-refractivity contribution >= 4 is 23.5 Å². The van der Waals surface area contributed by atoms with Crippen LogP contribution < -0.4 is 14.2 Å². The van der Waals surface area contributed by atoms with Gasteiger partial charge in [-0.15, -0.1) is 0 Å². The Hall–Kier alpha value is -4.25. The van der Waals surface area contributed by atoms with Crippen molar-refractivity contribution in [1.29, 1.82) is 0 Å². The molecule has 0 bridgehead atoms. The Morgan fingerprint density at radius 3 is 1.45 bits per heavy atom. The molecule has 1 N–H and O–H groups in total. The molecule has 0 unspecified atom stereocenters. The highest BCUT2D eigenvalue weighted by Crippen LogP contribution is 2.24. The molecule has 3 aromatic rings. The van der Waals surface area contributed by atoms with Crippen LogP contribution in [0.5, 0.6) is 17.2 Å². The summed E-state index contributed by atoms with van der Waals surface area (Å²) in [5, 5.41) is 10.9. The molecule has 33 heavy (non-hydrogen) atoms. The van der Waals surface area contributed by atoms with Gasteiger partial charge in [0.1, 0.15) is 23.0 Å². The minimum absolute atomic E-state index is 0.139. The van der Waals surface area contributed by atoms with Crippen LogP contribution in [0.2, 0.25) is 0 Å². The highest BCUT2D eigenvalue weighted by Gasteiger charge is 2.14. The third-order valence-electron chi connectivity index (χ3n) is 4.97. The van der Waals surface area contributed by atoms with Gasteiger partial charge in [0.05, 0.1) is 26.9 Å². The fourth-order valence-electron chi connectivity index (χ4n) is 3.12. The number of ether oxygens (including phenoxy) is 3. The average molecular weight is 443 g/mol. The summed E-state index contributed by atoms with van der Waals surface area (Å²) < 4.78 is 15.5. The number of rotatable bonds is 9. The van der Waals surface area contributed by atoms with E-state index in [4.69, 9.17) is 14.2 Å². The molecule has 5 nitrogen and oxygen atoms in total. The third kappa shape index (κ3) is 6.37. The topological polar surface area (TPSA) is 65.0 Å². The lowest BCUT2D eigenvalue weighted by molar-refractivity contribution is -0.109. The molecule has 0 aliphatic rings. The van der Waals surface area contributed by atoms with Crippen molar-refractivity contribution < 1.29 is 24.1 Å². The van der Waals surface area contributed by atoms with Gasteiger partial charge in [-0.05, 0) is 65.2 Å². The second-order valence-electron chi connectivity index (χ2n) is 7.07. The molecule has 0 radical (unpaired) electrons. The zero-order valence-corrected chi connectivity index (χ0v) is 18.8. The first kappa shape index (κ1) is 23.4. The van der Waals surface area contributed by atoms with E-state index in [1.807, 2.05) is 48.5 Å². The normalized spacial score (nSPS) is 12.0. The van der Waals surface area contributed by atoms with Crippen molar-refractivity contribution in [1.82, 2.24) is 0 Å². The Bertz CT molecular complexity index is 1150. The number of aliphatic hydroxyl groups is 1. The number of carbonyl (C=O) groups is 1. The molecule has 0 atom stereocenters. The molecule has 0 aliphatic carbocycles. The molecule has 3 rings (SSSR count). The van der Waals surface area contributed by atoms with Crippen molar-refractivity contribution in [2.45, 2.75) is 0 Å². The zero-order chi connectivity index (χ0) is 23.6. The van der Waals surface area contributed by atoms with Crippen molar-refractivity contribution in [3.63, 3.8) is 0 Å². The quantitative estimate of drug-likeness (QED) is 0.251. The number of hydrogen-bond acceptors (Lipinski definition) is 5. The standard InChI is InChI=1S/C28H26O5/c1-31-23-12-4-20(5-13-23)8-18-26(29)28(22-10-16-25(33-3)17-11-22)27(30)19-9-21-6-14-24(32-2)15-7-21/h4-19,29H,1-3H3/b18-8+,19-9+,28-26-. The Labute approximate surface area is 193 Å². The fraction of sp³-hybridized carbons (Fsp3) is 0.107. The van der Waals surface area contributed by atoms with Crippen LogP contribution in [-0.2, 0) is 4.79 Å². The monoisotopic (exact) mass is 442 g/mol. The smallest absolute Gasteiger partial charge is 0.190 e. The molecule has 3 aromatic carbocycles. The number of methoxy groups -OCH3 is 3. The molecule has 0 aromatic heterocycles. The Balaban J connectivity index is 1.93. The zero-order valence-electron chi connectivity index (χ0n) is 18.8. The van der Waals surface area contributed by atoms with Crippen LogP contribution >= 0.6 is 0 Å². The number of ketones is 1. The second kappa shape index (κ2) is 11.4. The van der Waals surface area contributed by atoms with Gasteiger partial charge in [0.25, 0.3) is 0 Å². The van der Waals surface area contributed by atoms with Crippen LogP contribution in [0.1, 0.15) is 16.7 Å².